The van der Waals surface area contributed by atoms with Crippen molar-refractivity contribution >= 4 is 17.5 Å². The maximum Gasteiger partial charge on any atom is 0.233 e. The molecule has 3 aromatic rings. The molecular weight excluding hydrogens is 754 g/mol. The minimum Gasteiger partial charge on any atom is -0.497 e. The molecule has 1 aliphatic heterocycles. The van der Waals surface area contributed by atoms with E-state index < -0.39 is 24.4 Å². The van der Waals surface area contributed by atoms with Gasteiger partial charge in [0.05, 0.1) is 37.4 Å². The lowest BCUT2D eigenvalue weighted by molar-refractivity contribution is -0.131. The normalized spacial score (nSPS) is 18.1. The summed E-state index contributed by atoms with van der Waals surface area (Å²) in [5.41, 5.74) is 5.81. The van der Waals surface area contributed by atoms with Crippen molar-refractivity contribution in [1.29, 1.82) is 0 Å². The first-order chi connectivity index (χ1) is 28.6. The Bertz CT molecular complexity index is 1770. The van der Waals surface area contributed by atoms with E-state index in [-0.39, 0.29) is 49.2 Å². The largest absolute Gasteiger partial charge is 0.497 e. The molecule has 7 N–H and O–H groups in total. The first-order valence-electron chi connectivity index (χ1n) is 21.5. The number of allylic oxidation sites excluding steroid dienone is 2. The summed E-state index contributed by atoms with van der Waals surface area (Å²) in [4.78, 5) is 28.0. The van der Waals surface area contributed by atoms with Crippen LogP contribution in [0, 0.1) is 11.7 Å². The van der Waals surface area contributed by atoms with Crippen molar-refractivity contribution in [3.05, 3.63) is 107 Å². The van der Waals surface area contributed by atoms with Gasteiger partial charge in [-0.1, -0.05) is 80.5 Å². The van der Waals surface area contributed by atoms with Crippen LogP contribution < -0.4 is 20.3 Å². The first kappa shape index (κ1) is 45.7. The van der Waals surface area contributed by atoms with Crippen LogP contribution in [-0.4, -0.2) is 75.9 Å². The average molecular weight is 818 g/mol. The SMILES string of the molecule is COc1ccc([C@@H]2[C@@H](CCC(O)c3ccc(F)cc3)C(=O)N2c2ccc(CNC(=O)CCCCCCCCCCC(NCC(O)[C@@H](O)[C@H](O)CCO)=C3CC3)cc2)cc1. The highest BCUT2D eigenvalue weighted by Crippen LogP contribution is 2.46. The molecule has 322 valence electrons. The Hall–Kier alpha value is -4.33. The van der Waals surface area contributed by atoms with Crippen LogP contribution in [0.3, 0.4) is 0 Å². The summed E-state index contributed by atoms with van der Waals surface area (Å²) in [5.74, 6) is 0.0328. The molecule has 59 heavy (non-hydrogen) atoms. The number of ether oxygens (including phenoxy) is 1. The Balaban J connectivity index is 0.963. The Kier molecular flexibility index (Phi) is 18.2. The van der Waals surface area contributed by atoms with Gasteiger partial charge in [-0.15, -0.1) is 0 Å². The summed E-state index contributed by atoms with van der Waals surface area (Å²) in [6.45, 7) is 0.328. The predicted octanol–water partition coefficient (Wildman–Crippen LogP) is 6.67. The molecule has 1 saturated carbocycles. The van der Waals surface area contributed by atoms with Crippen LogP contribution in [0.1, 0.15) is 125 Å². The number of nitrogens with one attached hydrogen (secondary N) is 2. The van der Waals surface area contributed by atoms with Crippen molar-refractivity contribution in [3.63, 3.8) is 0 Å². The number of carbonyl (C=O) groups is 2. The van der Waals surface area contributed by atoms with E-state index in [0.29, 0.717) is 31.4 Å². The third-order valence-corrected chi connectivity index (χ3v) is 11.6. The minimum absolute atomic E-state index is 0.0204. The first-order valence-corrected chi connectivity index (χ1v) is 21.5. The third kappa shape index (κ3) is 13.9. The second kappa shape index (κ2) is 23.5. The van der Waals surface area contributed by atoms with Crippen molar-refractivity contribution in [3.8, 4) is 5.75 Å². The van der Waals surface area contributed by atoms with Crippen molar-refractivity contribution in [2.75, 3.05) is 25.2 Å². The highest BCUT2D eigenvalue weighted by atomic mass is 19.1. The van der Waals surface area contributed by atoms with Gasteiger partial charge < -0.3 is 45.8 Å². The summed E-state index contributed by atoms with van der Waals surface area (Å²) in [6, 6.07) is 20.9. The van der Waals surface area contributed by atoms with Gasteiger partial charge in [-0.05, 0) is 104 Å². The van der Waals surface area contributed by atoms with E-state index in [0.717, 1.165) is 98.9 Å². The van der Waals surface area contributed by atoms with E-state index in [1.54, 1.807) is 24.1 Å². The number of methoxy groups -OCH3 is 1. The van der Waals surface area contributed by atoms with Crippen LogP contribution in [-0.2, 0) is 16.1 Å². The van der Waals surface area contributed by atoms with Gasteiger partial charge in [0.2, 0.25) is 11.8 Å². The second-order valence-electron chi connectivity index (χ2n) is 16.0. The highest BCUT2D eigenvalue weighted by Gasteiger charge is 2.48. The number of aliphatic hydroxyl groups excluding tert-OH is 5. The monoisotopic (exact) mass is 817 g/mol. The molecule has 0 spiro atoms. The lowest BCUT2D eigenvalue weighted by Crippen LogP contribution is -2.55. The number of β-lactam (4-membered cyclic amide) rings is 1. The van der Waals surface area contributed by atoms with Gasteiger partial charge in [-0.25, -0.2) is 4.39 Å². The van der Waals surface area contributed by atoms with Crippen molar-refractivity contribution in [2.24, 2.45) is 5.92 Å². The van der Waals surface area contributed by atoms with Crippen LogP contribution in [0.25, 0.3) is 0 Å². The summed E-state index contributed by atoms with van der Waals surface area (Å²) in [6.07, 6.45) is 8.58. The molecule has 2 fully saturated rings. The number of unbranched alkanes of at least 4 members (excludes halogenated alkanes) is 7. The number of halogens is 1. The van der Waals surface area contributed by atoms with E-state index in [4.69, 9.17) is 9.84 Å². The van der Waals surface area contributed by atoms with Crippen LogP contribution in [0.2, 0.25) is 0 Å². The number of anilines is 1. The van der Waals surface area contributed by atoms with Crippen LogP contribution >= 0.6 is 0 Å². The van der Waals surface area contributed by atoms with Gasteiger partial charge in [-0.2, -0.15) is 0 Å². The van der Waals surface area contributed by atoms with Crippen LogP contribution in [0.5, 0.6) is 5.75 Å². The number of aliphatic hydroxyl groups is 5. The summed E-state index contributed by atoms with van der Waals surface area (Å²) in [5, 5.41) is 56.1. The van der Waals surface area contributed by atoms with Crippen LogP contribution in [0.4, 0.5) is 10.1 Å². The van der Waals surface area contributed by atoms with E-state index in [9.17, 15) is 34.4 Å². The summed E-state index contributed by atoms with van der Waals surface area (Å²) in [7, 11) is 1.61. The zero-order valence-electron chi connectivity index (χ0n) is 34.4. The van der Waals surface area contributed by atoms with Crippen molar-refractivity contribution < 1.29 is 44.2 Å². The fraction of sp³-hybridized carbons (Fsp3) is 0.532. The molecule has 1 heterocycles. The molecule has 1 saturated heterocycles. The van der Waals surface area contributed by atoms with Gasteiger partial charge in [0.1, 0.15) is 17.7 Å². The van der Waals surface area contributed by atoms with E-state index in [1.807, 2.05) is 48.5 Å². The quantitative estimate of drug-likeness (QED) is 0.0328. The number of hydrogen-bond donors (Lipinski definition) is 7. The molecule has 2 aliphatic rings. The molecule has 0 aromatic heterocycles. The number of rotatable bonds is 27. The Morgan fingerprint density at radius 3 is 2.03 bits per heavy atom. The maximum atomic E-state index is 13.6. The molecule has 1 aliphatic carbocycles. The van der Waals surface area contributed by atoms with E-state index in [2.05, 4.69) is 10.6 Å². The number of hydrogen-bond acceptors (Lipinski definition) is 9. The fourth-order valence-electron chi connectivity index (χ4n) is 7.86. The lowest BCUT2D eigenvalue weighted by atomic mass is 9.78. The van der Waals surface area contributed by atoms with Gasteiger partial charge in [0.15, 0.2) is 0 Å². The third-order valence-electron chi connectivity index (χ3n) is 11.6. The number of nitrogens with zero attached hydrogens (tertiary/aromatic N) is 1. The molecule has 11 nitrogen and oxygen atoms in total. The Morgan fingerprint density at radius 1 is 0.797 bits per heavy atom. The topological polar surface area (TPSA) is 172 Å². The van der Waals surface area contributed by atoms with E-state index in [1.165, 1.54) is 17.7 Å². The molecule has 2 amide bonds. The Morgan fingerprint density at radius 2 is 1.42 bits per heavy atom. The maximum absolute atomic E-state index is 13.6. The molecular formula is C47H64FN3O8. The molecule has 3 aromatic carbocycles. The fourth-order valence-corrected chi connectivity index (χ4v) is 7.86. The molecule has 0 radical (unpaired) electrons. The van der Waals surface area contributed by atoms with Crippen molar-refractivity contribution in [2.45, 2.75) is 133 Å². The standard InChI is InChI=1S/C47H64FN3O8/c1-59-38-24-18-35(19-25-38)45-39(26-27-41(53)34-16-20-36(48)21-17-34)47(58)51(45)37-22-12-32(13-23-37)30-50-44(56)11-9-7-5-3-2-4-6-8-10-40(33-14-15-33)49-31-43(55)46(57)42(54)28-29-52/h12-13,16-25,39,41-43,45-46,49,52-55,57H,2-11,14-15,26-31H2,1H3,(H,50,56)/t39-,41?,42-,43?,45-,46+/m1/s1. The molecule has 5 rings (SSSR count). The zero-order chi connectivity index (χ0) is 42.1. The number of amides is 2. The van der Waals surface area contributed by atoms with Gasteiger partial charge >= 0.3 is 0 Å². The average Bonchev–Trinajstić information content (AvgIpc) is 4.10. The molecule has 12 heteroatoms. The summed E-state index contributed by atoms with van der Waals surface area (Å²) >= 11 is 0. The van der Waals surface area contributed by atoms with E-state index >= 15 is 0 Å². The smallest absolute Gasteiger partial charge is 0.233 e. The minimum atomic E-state index is -1.29. The lowest BCUT2D eigenvalue weighted by Gasteiger charge is -2.48. The predicted molar refractivity (Wildman–Crippen MR) is 226 cm³/mol. The molecule has 0 bridgehead atoms. The van der Waals surface area contributed by atoms with Crippen molar-refractivity contribution in [1.82, 2.24) is 10.6 Å². The number of benzene rings is 3. The summed E-state index contributed by atoms with van der Waals surface area (Å²) < 4.78 is 18.7. The Labute approximate surface area is 348 Å². The highest BCUT2D eigenvalue weighted by molar-refractivity contribution is 6.03. The zero-order valence-corrected chi connectivity index (χ0v) is 34.4. The van der Waals surface area contributed by atoms with Crippen LogP contribution in [0.15, 0.2) is 84.1 Å². The molecule has 2 unspecified atom stereocenters. The second-order valence-corrected chi connectivity index (χ2v) is 16.0. The van der Waals surface area contributed by atoms with Gasteiger partial charge in [0, 0.05) is 37.5 Å². The van der Waals surface area contributed by atoms with Gasteiger partial charge in [0.25, 0.3) is 0 Å². The van der Waals surface area contributed by atoms with Gasteiger partial charge in [-0.3, -0.25) is 9.59 Å². The molecule has 6 atom stereocenters. The number of carbonyl (C=O) groups excluding carboxylic acids is 2.